The van der Waals surface area contributed by atoms with E-state index in [1.165, 1.54) is 18.2 Å². The van der Waals surface area contributed by atoms with Crippen molar-refractivity contribution in [2.75, 3.05) is 26.9 Å². The maximum absolute atomic E-state index is 14.5. The molecule has 1 fully saturated rings. The lowest BCUT2D eigenvalue weighted by Gasteiger charge is -2.29. The van der Waals surface area contributed by atoms with E-state index < -0.39 is 12.1 Å². The lowest BCUT2D eigenvalue weighted by Crippen LogP contribution is -2.29. The van der Waals surface area contributed by atoms with Crippen molar-refractivity contribution >= 4 is 10.8 Å². The number of halogens is 2. The highest BCUT2D eigenvalue weighted by Gasteiger charge is 2.24. The van der Waals surface area contributed by atoms with Gasteiger partial charge in [0.05, 0.1) is 25.4 Å². The van der Waals surface area contributed by atoms with E-state index in [2.05, 4.69) is 11.8 Å². The number of benzene rings is 3. The molecule has 0 N–H and O–H groups in total. The normalized spacial score (nSPS) is 19.0. The van der Waals surface area contributed by atoms with Gasteiger partial charge in [0.15, 0.2) is 6.29 Å². The Hall–Kier alpha value is -2.78. The Bertz CT molecular complexity index is 1080. The number of methoxy groups -OCH3 is 1. The van der Waals surface area contributed by atoms with Crippen LogP contribution < -0.4 is 0 Å². The lowest BCUT2D eigenvalue weighted by molar-refractivity contribution is -0.211. The first-order valence-electron chi connectivity index (χ1n) is 9.35. The van der Waals surface area contributed by atoms with Crippen LogP contribution in [0.25, 0.3) is 10.8 Å². The van der Waals surface area contributed by atoms with Crippen molar-refractivity contribution in [2.45, 2.75) is 6.29 Å². The summed E-state index contributed by atoms with van der Waals surface area (Å²) in [6, 6.07) is 14.8. The van der Waals surface area contributed by atoms with Gasteiger partial charge >= 0.3 is 0 Å². The van der Waals surface area contributed by atoms with E-state index in [9.17, 15) is 8.78 Å². The van der Waals surface area contributed by atoms with Gasteiger partial charge in [-0.25, -0.2) is 8.78 Å². The van der Waals surface area contributed by atoms with Crippen LogP contribution in [0.4, 0.5) is 8.78 Å². The molecule has 29 heavy (non-hydrogen) atoms. The zero-order valence-electron chi connectivity index (χ0n) is 16.0. The third kappa shape index (κ3) is 4.63. The van der Waals surface area contributed by atoms with Crippen molar-refractivity contribution in [3.63, 3.8) is 0 Å². The fraction of sp³-hybridized carbons (Fsp3) is 0.250. The van der Waals surface area contributed by atoms with Gasteiger partial charge in [0, 0.05) is 24.2 Å². The van der Waals surface area contributed by atoms with E-state index in [0.29, 0.717) is 30.9 Å². The fourth-order valence-corrected chi connectivity index (χ4v) is 3.28. The highest BCUT2D eigenvalue weighted by molar-refractivity contribution is 5.83. The topological polar surface area (TPSA) is 27.7 Å². The number of fused-ring (bicyclic) bond motifs is 1. The van der Waals surface area contributed by atoms with Crippen LogP contribution in [0.2, 0.25) is 0 Å². The molecule has 1 heterocycles. The summed E-state index contributed by atoms with van der Waals surface area (Å²) in [5, 5.41) is 1.68. The smallest absolute Gasteiger partial charge is 0.183 e. The minimum absolute atomic E-state index is 0.185. The third-order valence-corrected chi connectivity index (χ3v) is 4.78. The van der Waals surface area contributed by atoms with E-state index in [4.69, 9.17) is 14.2 Å². The van der Waals surface area contributed by atoms with Gasteiger partial charge < -0.3 is 14.2 Å². The molecule has 0 spiro atoms. The molecule has 0 aliphatic carbocycles. The number of hydrogen-bond acceptors (Lipinski definition) is 3. The summed E-state index contributed by atoms with van der Waals surface area (Å²) in [5.74, 6) is 5.31. The summed E-state index contributed by atoms with van der Waals surface area (Å²) in [6.07, 6.45) is -0.583. The predicted molar refractivity (Wildman–Crippen MR) is 106 cm³/mol. The molecule has 148 valence electrons. The number of rotatable bonds is 3. The lowest BCUT2D eigenvalue weighted by atomic mass is 10.1. The Morgan fingerprint density at radius 1 is 0.931 bits per heavy atom. The Balaban J connectivity index is 1.49. The maximum Gasteiger partial charge on any atom is 0.183 e. The van der Waals surface area contributed by atoms with Crippen molar-refractivity contribution in [1.82, 2.24) is 0 Å². The first-order chi connectivity index (χ1) is 14.1. The van der Waals surface area contributed by atoms with Crippen LogP contribution in [0.5, 0.6) is 0 Å². The van der Waals surface area contributed by atoms with Gasteiger partial charge in [-0.3, -0.25) is 0 Å². The molecular weight excluding hydrogens is 374 g/mol. The second kappa shape index (κ2) is 8.71. The molecule has 0 aromatic heterocycles. The Morgan fingerprint density at radius 3 is 2.45 bits per heavy atom. The number of hydrogen-bond donors (Lipinski definition) is 0. The Morgan fingerprint density at radius 2 is 1.69 bits per heavy atom. The van der Waals surface area contributed by atoms with E-state index in [1.54, 1.807) is 37.4 Å². The molecule has 1 aliphatic heterocycles. The van der Waals surface area contributed by atoms with Crippen LogP contribution in [-0.4, -0.2) is 26.9 Å². The summed E-state index contributed by atoms with van der Waals surface area (Å²) in [5.41, 5.74) is 1.65. The molecular formula is C24H20F2O3. The summed E-state index contributed by atoms with van der Waals surface area (Å²) in [4.78, 5) is 0. The quantitative estimate of drug-likeness (QED) is 0.596. The van der Waals surface area contributed by atoms with Crippen LogP contribution in [0.15, 0.2) is 54.6 Å². The first-order valence-corrected chi connectivity index (χ1v) is 9.35. The molecule has 0 radical (unpaired) electrons. The minimum atomic E-state index is -0.583. The monoisotopic (exact) mass is 394 g/mol. The second-order valence-corrected chi connectivity index (χ2v) is 7.02. The zero-order valence-corrected chi connectivity index (χ0v) is 16.0. The molecule has 0 bridgehead atoms. The van der Waals surface area contributed by atoms with Crippen LogP contribution in [0.1, 0.15) is 23.0 Å². The van der Waals surface area contributed by atoms with Crippen molar-refractivity contribution in [3.8, 4) is 11.8 Å². The molecule has 5 heteroatoms. The summed E-state index contributed by atoms with van der Waals surface area (Å²) >= 11 is 0. The van der Waals surface area contributed by atoms with E-state index >= 15 is 0 Å². The molecule has 1 aliphatic rings. The largest absolute Gasteiger partial charge is 0.384 e. The SMILES string of the molecule is COCC1COC(c2ccc(C#Cc3ccc4cc(F)ccc4c3)c(F)c2)OC1. The van der Waals surface area contributed by atoms with Crippen molar-refractivity contribution < 1.29 is 23.0 Å². The van der Waals surface area contributed by atoms with E-state index in [1.807, 2.05) is 6.07 Å². The van der Waals surface area contributed by atoms with Crippen LogP contribution in [-0.2, 0) is 14.2 Å². The molecule has 3 aromatic rings. The van der Waals surface area contributed by atoms with Crippen LogP contribution in [0.3, 0.4) is 0 Å². The highest BCUT2D eigenvalue weighted by atomic mass is 19.1. The van der Waals surface area contributed by atoms with Gasteiger partial charge in [0.2, 0.25) is 0 Å². The molecule has 1 saturated heterocycles. The molecule has 0 atom stereocenters. The van der Waals surface area contributed by atoms with E-state index in [0.717, 1.165) is 16.3 Å². The van der Waals surface area contributed by atoms with Crippen molar-refractivity contribution in [2.24, 2.45) is 5.92 Å². The standard InChI is InChI=1S/C24H20F2O3/c1-27-13-17-14-28-24(29-15-17)21-7-6-18(23(26)12-21)4-2-16-3-5-20-11-22(25)9-8-19(20)10-16/h3,5-12,17,24H,13-15H2,1H3. The maximum atomic E-state index is 14.5. The highest BCUT2D eigenvalue weighted by Crippen LogP contribution is 2.26. The number of ether oxygens (including phenoxy) is 3. The van der Waals surface area contributed by atoms with Crippen LogP contribution >= 0.6 is 0 Å². The van der Waals surface area contributed by atoms with Crippen molar-refractivity contribution in [1.29, 1.82) is 0 Å². The van der Waals surface area contributed by atoms with E-state index in [-0.39, 0.29) is 11.7 Å². The van der Waals surface area contributed by atoms with Gasteiger partial charge in [-0.2, -0.15) is 0 Å². The summed E-state index contributed by atoms with van der Waals surface area (Å²) in [7, 11) is 1.64. The first kappa shape index (κ1) is 19.5. The average Bonchev–Trinajstić information content (AvgIpc) is 2.73. The van der Waals surface area contributed by atoms with Gasteiger partial charge in [0.25, 0.3) is 0 Å². The minimum Gasteiger partial charge on any atom is -0.384 e. The molecule has 3 aromatic carbocycles. The molecule has 3 nitrogen and oxygen atoms in total. The Kier molecular flexibility index (Phi) is 5.86. The second-order valence-electron chi connectivity index (χ2n) is 7.02. The fourth-order valence-electron chi connectivity index (χ4n) is 3.28. The average molecular weight is 394 g/mol. The summed E-state index contributed by atoms with van der Waals surface area (Å²) in [6.45, 7) is 1.58. The third-order valence-electron chi connectivity index (χ3n) is 4.78. The van der Waals surface area contributed by atoms with Gasteiger partial charge in [0.1, 0.15) is 11.6 Å². The molecule has 0 saturated carbocycles. The molecule has 0 unspecified atom stereocenters. The van der Waals surface area contributed by atoms with Gasteiger partial charge in [-0.05, 0) is 47.2 Å². The van der Waals surface area contributed by atoms with Gasteiger partial charge in [-0.15, -0.1) is 0 Å². The zero-order chi connectivity index (χ0) is 20.2. The summed E-state index contributed by atoms with van der Waals surface area (Å²) < 4.78 is 44.2. The van der Waals surface area contributed by atoms with Crippen LogP contribution in [0, 0.1) is 29.4 Å². The predicted octanol–water partition coefficient (Wildman–Crippen LogP) is 4.83. The molecule has 4 rings (SSSR count). The van der Waals surface area contributed by atoms with Crippen molar-refractivity contribution in [3.05, 3.63) is 82.9 Å². The molecule has 0 amide bonds. The Labute approximate surface area is 168 Å². The van der Waals surface area contributed by atoms with Gasteiger partial charge in [-0.1, -0.05) is 30.0 Å².